The molecule has 1 N–H and O–H groups in total. The first kappa shape index (κ1) is 11.3. The summed E-state index contributed by atoms with van der Waals surface area (Å²) in [6.45, 7) is 1.28. The van der Waals surface area contributed by atoms with Gasteiger partial charge in [-0.2, -0.15) is 0 Å². The molecule has 16 heavy (non-hydrogen) atoms. The van der Waals surface area contributed by atoms with Crippen LogP contribution in [0.3, 0.4) is 0 Å². The van der Waals surface area contributed by atoms with Crippen molar-refractivity contribution in [1.29, 1.82) is 0 Å². The monoisotopic (exact) mass is 229 g/mol. The third kappa shape index (κ3) is 2.33. The number of nitrogens with zero attached hydrogens (tertiary/aromatic N) is 1. The molecule has 2 heterocycles. The zero-order valence-electron chi connectivity index (χ0n) is 8.92. The van der Waals surface area contributed by atoms with Crippen molar-refractivity contribution < 1.29 is 24.2 Å². The van der Waals surface area contributed by atoms with Gasteiger partial charge in [0.2, 0.25) is 5.91 Å². The zero-order valence-corrected chi connectivity index (χ0v) is 8.92. The number of hydrogen-bond donors (Lipinski definition) is 1. The van der Waals surface area contributed by atoms with Crippen molar-refractivity contribution in [3.05, 3.63) is 0 Å². The summed E-state index contributed by atoms with van der Waals surface area (Å²) in [5.74, 6) is -1.13. The number of carboxylic acids is 1. The highest BCUT2D eigenvalue weighted by Gasteiger charge is 2.35. The van der Waals surface area contributed by atoms with E-state index >= 15 is 0 Å². The standard InChI is InChI=1S/C10H15NO5/c12-9-6-16-8(10(13)14)5-11(9)7-1-3-15-4-2-7/h7-8H,1-6H2,(H,13,14). The van der Waals surface area contributed by atoms with Crippen LogP contribution in [0.25, 0.3) is 0 Å². The Morgan fingerprint density at radius 2 is 2.06 bits per heavy atom. The van der Waals surface area contributed by atoms with Gasteiger partial charge in [0.1, 0.15) is 6.61 Å². The summed E-state index contributed by atoms with van der Waals surface area (Å²) < 4.78 is 10.2. The molecule has 0 aromatic rings. The fourth-order valence-electron chi connectivity index (χ4n) is 2.09. The Balaban J connectivity index is 1.99. The molecule has 2 rings (SSSR count). The summed E-state index contributed by atoms with van der Waals surface area (Å²) >= 11 is 0. The number of aliphatic carboxylic acids is 1. The predicted molar refractivity (Wildman–Crippen MR) is 52.9 cm³/mol. The van der Waals surface area contributed by atoms with Gasteiger partial charge in [-0.15, -0.1) is 0 Å². The Kier molecular flexibility index (Phi) is 3.40. The lowest BCUT2D eigenvalue weighted by molar-refractivity contribution is -0.168. The van der Waals surface area contributed by atoms with Crippen molar-refractivity contribution in [3.63, 3.8) is 0 Å². The fraction of sp³-hybridized carbons (Fsp3) is 0.800. The summed E-state index contributed by atoms with van der Waals surface area (Å²) in [6, 6.07) is 0.104. The number of ether oxygens (including phenoxy) is 2. The van der Waals surface area contributed by atoms with Gasteiger partial charge < -0.3 is 19.5 Å². The maximum Gasteiger partial charge on any atom is 0.334 e. The summed E-state index contributed by atoms with van der Waals surface area (Å²) in [4.78, 5) is 24.1. The molecule has 0 aromatic carbocycles. The Hall–Kier alpha value is -1.14. The first-order valence-electron chi connectivity index (χ1n) is 5.40. The first-order chi connectivity index (χ1) is 7.68. The van der Waals surface area contributed by atoms with Crippen LogP contribution < -0.4 is 0 Å². The summed E-state index contributed by atoms with van der Waals surface area (Å²) in [5.41, 5.74) is 0. The second-order valence-corrected chi connectivity index (χ2v) is 4.03. The number of carbonyl (C=O) groups is 2. The molecule has 2 saturated heterocycles. The van der Waals surface area contributed by atoms with Crippen LogP contribution in [0.15, 0.2) is 0 Å². The highest BCUT2D eigenvalue weighted by Crippen LogP contribution is 2.18. The van der Waals surface area contributed by atoms with E-state index < -0.39 is 12.1 Å². The lowest BCUT2D eigenvalue weighted by Crippen LogP contribution is -2.54. The van der Waals surface area contributed by atoms with E-state index in [-0.39, 0.29) is 25.1 Å². The van der Waals surface area contributed by atoms with Crippen LogP contribution in [-0.2, 0) is 19.1 Å². The second-order valence-electron chi connectivity index (χ2n) is 4.03. The largest absolute Gasteiger partial charge is 0.479 e. The molecule has 6 nitrogen and oxygen atoms in total. The third-order valence-electron chi connectivity index (χ3n) is 3.00. The molecule has 0 saturated carbocycles. The molecule has 0 radical (unpaired) electrons. The van der Waals surface area contributed by atoms with Gasteiger partial charge in [0.25, 0.3) is 0 Å². The van der Waals surface area contributed by atoms with E-state index in [1.54, 1.807) is 4.90 Å². The molecule has 6 heteroatoms. The SMILES string of the molecule is O=C(O)C1CN(C2CCOCC2)C(=O)CO1. The van der Waals surface area contributed by atoms with Gasteiger partial charge in [-0.1, -0.05) is 0 Å². The van der Waals surface area contributed by atoms with Gasteiger partial charge in [-0.25, -0.2) is 4.79 Å². The average molecular weight is 229 g/mol. The van der Waals surface area contributed by atoms with Crippen LogP contribution in [0, 0.1) is 0 Å². The Bertz CT molecular complexity index is 287. The maximum atomic E-state index is 11.6. The van der Waals surface area contributed by atoms with Crippen LogP contribution in [0.5, 0.6) is 0 Å². The molecule has 1 unspecified atom stereocenters. The minimum absolute atomic E-state index is 0.104. The number of carboxylic acid groups (broad SMARTS) is 1. The van der Waals surface area contributed by atoms with Gasteiger partial charge in [0, 0.05) is 19.3 Å². The third-order valence-corrected chi connectivity index (χ3v) is 3.00. The van der Waals surface area contributed by atoms with Crippen molar-refractivity contribution in [2.24, 2.45) is 0 Å². The van der Waals surface area contributed by atoms with Crippen LogP contribution in [0.2, 0.25) is 0 Å². The normalized spacial score (nSPS) is 28.1. The molecule has 0 spiro atoms. The smallest absolute Gasteiger partial charge is 0.334 e. The first-order valence-corrected chi connectivity index (χ1v) is 5.40. The molecule has 1 amide bonds. The van der Waals surface area contributed by atoms with Crippen LogP contribution in [-0.4, -0.2) is 60.4 Å². The molecule has 90 valence electrons. The Labute approximate surface area is 93.1 Å². The molecule has 1 atom stereocenters. The van der Waals surface area contributed by atoms with Crippen molar-refractivity contribution in [2.75, 3.05) is 26.4 Å². The minimum Gasteiger partial charge on any atom is -0.479 e. The van der Waals surface area contributed by atoms with Crippen LogP contribution in [0.4, 0.5) is 0 Å². The quantitative estimate of drug-likeness (QED) is 0.689. The molecule has 2 fully saturated rings. The van der Waals surface area contributed by atoms with Gasteiger partial charge >= 0.3 is 5.97 Å². The number of carbonyl (C=O) groups excluding carboxylic acids is 1. The molecule has 0 aliphatic carbocycles. The molecule has 0 aromatic heterocycles. The second kappa shape index (κ2) is 4.80. The van der Waals surface area contributed by atoms with E-state index in [1.165, 1.54) is 0 Å². The van der Waals surface area contributed by atoms with Gasteiger partial charge in [0.05, 0.1) is 6.54 Å². The topological polar surface area (TPSA) is 76.1 Å². The Morgan fingerprint density at radius 1 is 1.38 bits per heavy atom. The lowest BCUT2D eigenvalue weighted by atomic mass is 10.1. The number of rotatable bonds is 2. The zero-order chi connectivity index (χ0) is 11.5. The molecular weight excluding hydrogens is 214 g/mol. The molecular formula is C10H15NO5. The van der Waals surface area contributed by atoms with E-state index in [9.17, 15) is 9.59 Å². The van der Waals surface area contributed by atoms with E-state index in [4.69, 9.17) is 14.6 Å². The van der Waals surface area contributed by atoms with Crippen molar-refractivity contribution >= 4 is 11.9 Å². The number of hydrogen-bond acceptors (Lipinski definition) is 4. The summed E-state index contributed by atoms with van der Waals surface area (Å²) in [5, 5.41) is 8.85. The van der Waals surface area contributed by atoms with E-state index in [1.807, 2.05) is 0 Å². The minimum atomic E-state index is -1.01. The molecule has 2 aliphatic heterocycles. The van der Waals surface area contributed by atoms with E-state index in [0.29, 0.717) is 13.2 Å². The van der Waals surface area contributed by atoms with Gasteiger partial charge in [0.15, 0.2) is 6.10 Å². The highest BCUT2D eigenvalue weighted by atomic mass is 16.5. The van der Waals surface area contributed by atoms with Gasteiger partial charge in [-0.3, -0.25) is 4.79 Å². The van der Waals surface area contributed by atoms with Crippen molar-refractivity contribution in [2.45, 2.75) is 25.0 Å². The summed E-state index contributed by atoms with van der Waals surface area (Å²) in [7, 11) is 0. The summed E-state index contributed by atoms with van der Waals surface area (Å²) in [6.07, 6.45) is 0.663. The average Bonchev–Trinajstić information content (AvgIpc) is 2.30. The van der Waals surface area contributed by atoms with Crippen molar-refractivity contribution in [3.8, 4) is 0 Å². The molecule has 2 aliphatic rings. The maximum absolute atomic E-state index is 11.6. The van der Waals surface area contributed by atoms with E-state index in [2.05, 4.69) is 0 Å². The molecule has 0 bridgehead atoms. The lowest BCUT2D eigenvalue weighted by Gasteiger charge is -2.38. The predicted octanol–water partition coefficient (Wildman–Crippen LogP) is -0.523. The Morgan fingerprint density at radius 3 is 2.69 bits per heavy atom. The van der Waals surface area contributed by atoms with Crippen molar-refractivity contribution in [1.82, 2.24) is 4.90 Å². The number of amides is 1. The van der Waals surface area contributed by atoms with Crippen LogP contribution >= 0.6 is 0 Å². The highest BCUT2D eigenvalue weighted by molar-refractivity contribution is 5.81. The number of morpholine rings is 1. The van der Waals surface area contributed by atoms with Crippen LogP contribution in [0.1, 0.15) is 12.8 Å². The van der Waals surface area contributed by atoms with E-state index in [0.717, 1.165) is 12.8 Å². The van der Waals surface area contributed by atoms with Gasteiger partial charge in [-0.05, 0) is 12.8 Å². The fourth-order valence-corrected chi connectivity index (χ4v) is 2.09.